The molecule has 9 rings (SSSR count). The van der Waals surface area contributed by atoms with Crippen molar-refractivity contribution >= 4 is 74.2 Å². The highest BCUT2D eigenvalue weighted by Crippen LogP contribution is 2.41. The lowest BCUT2D eigenvalue weighted by atomic mass is 10.0. The molecule has 0 unspecified atom stereocenters. The number of para-hydroxylation sites is 2. The Morgan fingerprint density at radius 1 is 0.567 bits per heavy atom. The van der Waals surface area contributed by atoms with Gasteiger partial charge in [-0.05, 0) is 173 Å². The third-order valence-corrected chi connectivity index (χ3v) is 12.4. The van der Waals surface area contributed by atoms with E-state index in [4.69, 9.17) is 0 Å². The van der Waals surface area contributed by atoms with Crippen LogP contribution >= 0.6 is 0 Å². The first-order valence-corrected chi connectivity index (χ1v) is 22.6. The Kier molecular flexibility index (Phi) is 12.4. The number of nitrogens with zero attached hydrogens (tertiary/aromatic N) is 4. The van der Waals surface area contributed by atoms with Gasteiger partial charge in [-0.3, -0.25) is 0 Å². The smallest absolute Gasteiger partial charge is 0.115 e. The highest BCUT2D eigenvalue weighted by Gasteiger charge is 2.21. The van der Waals surface area contributed by atoms with Gasteiger partial charge < -0.3 is 29.1 Å². The van der Waals surface area contributed by atoms with Gasteiger partial charge in [0, 0.05) is 73.1 Å². The van der Waals surface area contributed by atoms with Crippen LogP contribution in [0.1, 0.15) is 50.2 Å². The minimum absolute atomic E-state index is 0.214. The fourth-order valence-electron chi connectivity index (χ4n) is 9.27. The van der Waals surface area contributed by atoms with Crippen molar-refractivity contribution in [2.45, 2.75) is 34.6 Å². The van der Waals surface area contributed by atoms with Crippen molar-refractivity contribution in [1.29, 1.82) is 0 Å². The monoisotopic (exact) mass is 874 g/mol. The van der Waals surface area contributed by atoms with E-state index < -0.39 is 0 Å². The number of rotatable bonds is 13. The second kappa shape index (κ2) is 18.9. The Morgan fingerprint density at radius 3 is 1.70 bits per heavy atom. The van der Waals surface area contributed by atoms with Crippen molar-refractivity contribution in [2.75, 3.05) is 9.80 Å². The molecule has 0 radical (unpaired) electrons. The van der Waals surface area contributed by atoms with E-state index in [2.05, 4.69) is 192 Å². The van der Waals surface area contributed by atoms with Crippen LogP contribution in [0.25, 0.3) is 62.5 Å². The summed E-state index contributed by atoms with van der Waals surface area (Å²) in [7, 11) is 0. The number of allylic oxidation sites excluding steroid dienone is 6. The number of fused-ring (bicyclic) bond motifs is 3. The van der Waals surface area contributed by atoms with Crippen molar-refractivity contribution < 1.29 is 10.2 Å². The lowest BCUT2D eigenvalue weighted by Crippen LogP contribution is -2.14. The Bertz CT molecular complexity index is 3350. The SMILES string of the molecule is C=Cc1c(/C=C\C)c(/C=C(\C)N(c2ccc(O)cc2)c2ccc(-c3ccc(N(c4ccc(O)cc4)c4ccc5c(c4)c4ccccc4n5/C(C)=C/C=C\C)cc3)cc2)c(C)n1-c1ccccc1. The summed E-state index contributed by atoms with van der Waals surface area (Å²) in [5.74, 6) is 0.433. The molecule has 7 aromatic carbocycles. The lowest BCUT2D eigenvalue weighted by Gasteiger charge is -2.27. The molecule has 2 N–H and O–H groups in total. The van der Waals surface area contributed by atoms with E-state index in [0.717, 1.165) is 95.6 Å². The van der Waals surface area contributed by atoms with Gasteiger partial charge in [-0.1, -0.05) is 91.5 Å². The molecule has 330 valence electrons. The maximum atomic E-state index is 10.3. The summed E-state index contributed by atoms with van der Waals surface area (Å²) in [6.07, 6.45) is 14.7. The maximum absolute atomic E-state index is 10.3. The van der Waals surface area contributed by atoms with E-state index in [-0.39, 0.29) is 11.5 Å². The summed E-state index contributed by atoms with van der Waals surface area (Å²) in [6, 6.07) is 57.6. The molecule has 0 fully saturated rings. The third-order valence-electron chi connectivity index (χ3n) is 12.4. The molecule has 6 nitrogen and oxygen atoms in total. The van der Waals surface area contributed by atoms with Crippen molar-refractivity contribution in [3.05, 3.63) is 229 Å². The first-order valence-electron chi connectivity index (χ1n) is 22.6. The standard InChI is InChI=1S/C61H54N4O2/c1-7-10-17-42(4)63-60-21-15-14-20-56(60)58-41-52(34-39-61(58)63)65(51-32-37-54(67)38-33-51)50-28-24-46(25-29-50)45-22-26-48(27-23-45)62(49-30-35-53(66)36-31-49)43(5)40-57-44(6)64(47-18-12-11-13-19-47)59(9-3)55(57)16-8-2/h7-41,66-67H,3H2,1-2,4-6H3/b10-7-,16-8-,42-17+,43-40+. The highest BCUT2D eigenvalue weighted by atomic mass is 16.3. The fraction of sp³-hybridized carbons (Fsp3) is 0.0820. The van der Waals surface area contributed by atoms with Gasteiger partial charge in [0.15, 0.2) is 0 Å². The number of aromatic nitrogens is 2. The second-order valence-corrected chi connectivity index (χ2v) is 16.6. The van der Waals surface area contributed by atoms with Gasteiger partial charge in [0.1, 0.15) is 11.5 Å². The molecule has 0 saturated heterocycles. The Morgan fingerprint density at radius 2 is 1.10 bits per heavy atom. The van der Waals surface area contributed by atoms with Crippen molar-refractivity contribution in [3.8, 4) is 28.3 Å². The average molecular weight is 875 g/mol. The Labute approximate surface area is 393 Å². The van der Waals surface area contributed by atoms with Gasteiger partial charge in [0.05, 0.1) is 16.7 Å². The van der Waals surface area contributed by atoms with Gasteiger partial charge in [-0.15, -0.1) is 0 Å². The van der Waals surface area contributed by atoms with Gasteiger partial charge in [0.2, 0.25) is 0 Å². The molecule has 0 amide bonds. The van der Waals surface area contributed by atoms with Crippen LogP contribution in [0.3, 0.4) is 0 Å². The van der Waals surface area contributed by atoms with Gasteiger partial charge >= 0.3 is 0 Å². The first-order chi connectivity index (χ1) is 32.7. The van der Waals surface area contributed by atoms with E-state index in [1.165, 1.54) is 5.39 Å². The summed E-state index contributed by atoms with van der Waals surface area (Å²) in [5.41, 5.74) is 16.9. The zero-order valence-electron chi connectivity index (χ0n) is 38.6. The topological polar surface area (TPSA) is 56.8 Å². The summed E-state index contributed by atoms with van der Waals surface area (Å²) in [4.78, 5) is 4.46. The van der Waals surface area contributed by atoms with Gasteiger partial charge in [-0.25, -0.2) is 0 Å². The second-order valence-electron chi connectivity index (χ2n) is 16.6. The number of phenols is 2. The number of anilines is 5. The van der Waals surface area contributed by atoms with E-state index in [1.807, 2.05) is 56.3 Å². The molecule has 6 heteroatoms. The molecule has 0 spiro atoms. The molecular weight excluding hydrogens is 821 g/mol. The summed E-state index contributed by atoms with van der Waals surface area (Å²) >= 11 is 0. The Hall–Kier alpha value is -8.48. The van der Waals surface area contributed by atoms with E-state index in [1.54, 1.807) is 24.3 Å². The summed E-state index contributed by atoms with van der Waals surface area (Å²) in [5, 5.41) is 22.9. The van der Waals surface area contributed by atoms with Crippen molar-refractivity contribution in [2.24, 2.45) is 0 Å². The number of aromatic hydroxyl groups is 2. The predicted molar refractivity (Wildman–Crippen MR) is 285 cm³/mol. The molecule has 67 heavy (non-hydrogen) atoms. The molecular formula is C61H54N4O2. The predicted octanol–water partition coefficient (Wildman–Crippen LogP) is 16.8. The summed E-state index contributed by atoms with van der Waals surface area (Å²) in [6.45, 7) is 14.7. The molecule has 0 bridgehead atoms. The zero-order valence-corrected chi connectivity index (χ0v) is 38.6. The van der Waals surface area contributed by atoms with Crippen molar-refractivity contribution in [1.82, 2.24) is 9.13 Å². The lowest BCUT2D eigenvalue weighted by molar-refractivity contribution is 0.475. The number of benzene rings is 7. The van der Waals surface area contributed by atoms with Crippen LogP contribution in [0.4, 0.5) is 28.4 Å². The largest absolute Gasteiger partial charge is 0.508 e. The molecule has 0 aliphatic carbocycles. The van der Waals surface area contributed by atoms with Gasteiger partial charge in [0.25, 0.3) is 0 Å². The third kappa shape index (κ3) is 8.49. The molecule has 0 aliphatic rings. The van der Waals surface area contributed by atoms with Crippen LogP contribution in [0.2, 0.25) is 0 Å². The van der Waals surface area contributed by atoms with Gasteiger partial charge in [-0.2, -0.15) is 0 Å². The minimum atomic E-state index is 0.214. The zero-order chi connectivity index (χ0) is 46.6. The fourth-order valence-corrected chi connectivity index (χ4v) is 9.27. The van der Waals surface area contributed by atoms with E-state index in [0.29, 0.717) is 0 Å². The Balaban J connectivity index is 1.08. The number of hydrogen-bond donors (Lipinski definition) is 2. The molecule has 9 aromatic rings. The summed E-state index contributed by atoms with van der Waals surface area (Å²) < 4.78 is 4.59. The quantitative estimate of drug-likeness (QED) is 0.113. The van der Waals surface area contributed by atoms with E-state index in [9.17, 15) is 10.2 Å². The van der Waals surface area contributed by atoms with Crippen molar-refractivity contribution in [3.63, 3.8) is 0 Å². The first kappa shape index (κ1) is 43.8. The maximum Gasteiger partial charge on any atom is 0.115 e. The van der Waals surface area contributed by atoms with Crippen LogP contribution in [-0.2, 0) is 0 Å². The molecule has 2 heterocycles. The van der Waals surface area contributed by atoms with E-state index >= 15 is 0 Å². The normalized spacial score (nSPS) is 12.2. The molecule has 0 saturated carbocycles. The van der Waals surface area contributed by atoms with Crippen LogP contribution < -0.4 is 9.80 Å². The van der Waals surface area contributed by atoms with Crippen LogP contribution in [0.15, 0.2) is 206 Å². The molecule has 0 aliphatic heterocycles. The van der Waals surface area contributed by atoms with Crippen LogP contribution in [0, 0.1) is 6.92 Å². The van der Waals surface area contributed by atoms with Crippen LogP contribution in [0.5, 0.6) is 11.5 Å². The number of phenolic OH excluding ortho intramolecular Hbond substituents is 2. The average Bonchev–Trinajstić information content (AvgIpc) is 3.82. The van der Waals surface area contributed by atoms with Crippen LogP contribution in [-0.4, -0.2) is 19.3 Å². The minimum Gasteiger partial charge on any atom is -0.508 e. The number of hydrogen-bond acceptors (Lipinski definition) is 4. The highest BCUT2D eigenvalue weighted by molar-refractivity contribution is 6.11. The molecule has 2 aromatic heterocycles. The molecule has 0 atom stereocenters.